The minimum atomic E-state index is -0.797. The molecule has 1 aromatic carbocycles. The van der Waals surface area contributed by atoms with Gasteiger partial charge in [0.05, 0.1) is 0 Å². The van der Waals surface area contributed by atoms with Gasteiger partial charge in [-0.3, -0.25) is 4.90 Å². The highest BCUT2D eigenvalue weighted by Crippen LogP contribution is 2.24. The van der Waals surface area contributed by atoms with Crippen LogP contribution in [0.2, 0.25) is 0 Å². The molecule has 4 nitrogen and oxygen atoms in total. The Labute approximate surface area is 148 Å². The molecular formula is C21H24N2O2. The summed E-state index contributed by atoms with van der Waals surface area (Å²) in [6.45, 7) is 2.33. The van der Waals surface area contributed by atoms with Gasteiger partial charge in [0, 0.05) is 44.6 Å². The van der Waals surface area contributed by atoms with Crippen LogP contribution in [0.3, 0.4) is 0 Å². The fraction of sp³-hybridized carbons (Fsp3) is 0.286. The van der Waals surface area contributed by atoms with Gasteiger partial charge in [-0.05, 0) is 35.6 Å². The van der Waals surface area contributed by atoms with Crippen molar-refractivity contribution < 1.29 is 9.90 Å². The summed E-state index contributed by atoms with van der Waals surface area (Å²) < 4.78 is 2.06. The molecule has 0 fully saturated rings. The van der Waals surface area contributed by atoms with E-state index in [0.29, 0.717) is 12.1 Å². The maximum absolute atomic E-state index is 11.1. The molecule has 1 aliphatic rings. The summed E-state index contributed by atoms with van der Waals surface area (Å²) in [5, 5.41) is 9.16. The van der Waals surface area contributed by atoms with Crippen LogP contribution in [0.5, 0.6) is 0 Å². The molecule has 0 unspecified atom stereocenters. The number of carbonyl (C=O) groups is 1. The van der Waals surface area contributed by atoms with Crippen LogP contribution in [0.25, 0.3) is 5.57 Å². The van der Waals surface area contributed by atoms with E-state index in [4.69, 9.17) is 5.11 Å². The Morgan fingerprint density at radius 3 is 2.68 bits per heavy atom. The smallest absolute Gasteiger partial charge is 0.332 e. The Morgan fingerprint density at radius 2 is 2.00 bits per heavy atom. The molecule has 2 heterocycles. The monoisotopic (exact) mass is 336 g/mol. The second-order valence-electron chi connectivity index (χ2n) is 6.44. The van der Waals surface area contributed by atoms with E-state index in [1.165, 1.54) is 16.7 Å². The molecule has 0 bridgehead atoms. The molecule has 0 radical (unpaired) electrons. The second-order valence-corrected chi connectivity index (χ2v) is 6.44. The maximum Gasteiger partial charge on any atom is 0.332 e. The lowest BCUT2D eigenvalue weighted by molar-refractivity contribution is -0.133. The Hall–Kier alpha value is -2.59. The quantitative estimate of drug-likeness (QED) is 0.877. The van der Waals surface area contributed by atoms with Gasteiger partial charge in [0.1, 0.15) is 0 Å². The number of rotatable bonds is 6. The van der Waals surface area contributed by atoms with E-state index in [2.05, 4.69) is 58.3 Å². The summed E-state index contributed by atoms with van der Waals surface area (Å²) in [6.07, 6.45) is 10.0. The van der Waals surface area contributed by atoms with Crippen LogP contribution in [0.1, 0.15) is 24.0 Å². The van der Waals surface area contributed by atoms with Gasteiger partial charge in [-0.2, -0.15) is 0 Å². The van der Waals surface area contributed by atoms with Crippen LogP contribution in [-0.4, -0.2) is 40.2 Å². The lowest BCUT2D eigenvalue weighted by Crippen LogP contribution is -2.32. The first-order valence-electron chi connectivity index (χ1n) is 8.66. The second kappa shape index (κ2) is 7.99. The van der Waals surface area contributed by atoms with Gasteiger partial charge in [0.15, 0.2) is 0 Å². The third-order valence-corrected chi connectivity index (χ3v) is 4.53. The first-order valence-corrected chi connectivity index (χ1v) is 8.66. The summed E-state index contributed by atoms with van der Waals surface area (Å²) >= 11 is 0. The summed E-state index contributed by atoms with van der Waals surface area (Å²) in [5.74, 6) is -0.797. The zero-order chi connectivity index (χ0) is 17.6. The number of carboxylic acids is 1. The van der Waals surface area contributed by atoms with Crippen molar-refractivity contribution in [3.05, 3.63) is 77.6 Å². The zero-order valence-corrected chi connectivity index (χ0v) is 14.6. The molecule has 130 valence electrons. The van der Waals surface area contributed by atoms with E-state index in [1.54, 1.807) is 0 Å². The molecule has 3 rings (SSSR count). The standard InChI is InChI=1S/C21H24N2O2/c1-22-14-11-18(15-22)20(17-7-3-2-4-8-17)10-6-13-23-12-5-9-19(16-23)21(24)25/h2-4,7-11,14-15H,5-6,12-13,16H2,1H3,(H,24,25). The van der Waals surface area contributed by atoms with E-state index >= 15 is 0 Å². The fourth-order valence-corrected chi connectivity index (χ4v) is 3.23. The summed E-state index contributed by atoms with van der Waals surface area (Å²) in [6, 6.07) is 12.5. The number of aliphatic carboxylic acids is 1. The highest BCUT2D eigenvalue weighted by molar-refractivity contribution is 5.87. The molecule has 0 saturated carbocycles. The normalized spacial score (nSPS) is 15.9. The van der Waals surface area contributed by atoms with Crippen molar-refractivity contribution in [2.75, 3.05) is 19.6 Å². The van der Waals surface area contributed by atoms with E-state index in [9.17, 15) is 4.79 Å². The molecule has 0 saturated heterocycles. The van der Waals surface area contributed by atoms with Crippen LogP contribution < -0.4 is 0 Å². The molecule has 1 N–H and O–H groups in total. The van der Waals surface area contributed by atoms with Gasteiger partial charge in [0.25, 0.3) is 0 Å². The average Bonchev–Trinajstić information content (AvgIpc) is 3.06. The number of carboxylic acid groups (broad SMARTS) is 1. The molecule has 1 aliphatic heterocycles. The first kappa shape index (κ1) is 17.2. The Kier molecular flexibility index (Phi) is 5.51. The summed E-state index contributed by atoms with van der Waals surface area (Å²) in [7, 11) is 2.03. The molecule has 0 amide bonds. The van der Waals surface area contributed by atoms with Gasteiger partial charge < -0.3 is 9.67 Å². The number of hydrogen-bond donors (Lipinski definition) is 1. The summed E-state index contributed by atoms with van der Waals surface area (Å²) in [4.78, 5) is 13.4. The lowest BCUT2D eigenvalue weighted by Gasteiger charge is -2.25. The Balaban J connectivity index is 1.72. The maximum atomic E-state index is 11.1. The third-order valence-electron chi connectivity index (χ3n) is 4.53. The van der Waals surface area contributed by atoms with Gasteiger partial charge in [-0.15, -0.1) is 0 Å². The molecule has 25 heavy (non-hydrogen) atoms. The van der Waals surface area contributed by atoms with Crippen molar-refractivity contribution in [2.24, 2.45) is 7.05 Å². The lowest BCUT2D eigenvalue weighted by atomic mass is 9.99. The molecule has 2 aromatic rings. The molecule has 1 aromatic heterocycles. The molecule has 4 heteroatoms. The van der Waals surface area contributed by atoms with Crippen LogP contribution in [-0.2, 0) is 11.8 Å². The van der Waals surface area contributed by atoms with Crippen molar-refractivity contribution in [3.63, 3.8) is 0 Å². The van der Waals surface area contributed by atoms with Crippen LogP contribution in [0.4, 0.5) is 0 Å². The highest BCUT2D eigenvalue weighted by atomic mass is 16.4. The van der Waals surface area contributed by atoms with Crippen LogP contribution >= 0.6 is 0 Å². The predicted octanol–water partition coefficient (Wildman–Crippen LogP) is 3.56. The number of aromatic nitrogens is 1. The van der Waals surface area contributed by atoms with Crippen LogP contribution in [0.15, 0.2) is 66.5 Å². The van der Waals surface area contributed by atoms with Crippen molar-refractivity contribution in [2.45, 2.75) is 12.8 Å². The van der Waals surface area contributed by atoms with Crippen molar-refractivity contribution >= 4 is 11.5 Å². The largest absolute Gasteiger partial charge is 0.478 e. The summed E-state index contributed by atoms with van der Waals surface area (Å²) in [5.41, 5.74) is 4.16. The topological polar surface area (TPSA) is 45.5 Å². The highest BCUT2D eigenvalue weighted by Gasteiger charge is 2.16. The predicted molar refractivity (Wildman–Crippen MR) is 100 cm³/mol. The van der Waals surface area contributed by atoms with Crippen molar-refractivity contribution in [1.29, 1.82) is 0 Å². The van der Waals surface area contributed by atoms with Crippen molar-refractivity contribution in [3.8, 4) is 0 Å². The van der Waals surface area contributed by atoms with E-state index in [1.807, 2.05) is 19.2 Å². The third kappa shape index (κ3) is 4.48. The van der Waals surface area contributed by atoms with Gasteiger partial charge >= 0.3 is 5.97 Å². The van der Waals surface area contributed by atoms with Gasteiger partial charge in [-0.25, -0.2) is 4.79 Å². The van der Waals surface area contributed by atoms with E-state index in [0.717, 1.165) is 25.9 Å². The zero-order valence-electron chi connectivity index (χ0n) is 14.6. The van der Waals surface area contributed by atoms with Crippen molar-refractivity contribution in [1.82, 2.24) is 9.47 Å². The SMILES string of the molecule is Cn1ccc(C(=CCCN2CCC=C(C(=O)O)C2)c2ccccc2)c1. The molecule has 0 aliphatic carbocycles. The van der Waals surface area contributed by atoms with Crippen LogP contribution in [0, 0.1) is 0 Å². The average molecular weight is 336 g/mol. The number of hydrogen-bond acceptors (Lipinski definition) is 2. The number of nitrogens with zero attached hydrogens (tertiary/aromatic N) is 2. The molecular weight excluding hydrogens is 312 g/mol. The Bertz CT molecular complexity index is 787. The number of aryl methyl sites for hydroxylation is 1. The minimum absolute atomic E-state index is 0.515. The Morgan fingerprint density at radius 1 is 1.20 bits per heavy atom. The molecule has 0 spiro atoms. The van der Waals surface area contributed by atoms with Gasteiger partial charge in [0.2, 0.25) is 0 Å². The van der Waals surface area contributed by atoms with E-state index in [-0.39, 0.29) is 0 Å². The number of benzene rings is 1. The fourth-order valence-electron chi connectivity index (χ4n) is 3.23. The van der Waals surface area contributed by atoms with Gasteiger partial charge in [-0.1, -0.05) is 42.5 Å². The minimum Gasteiger partial charge on any atom is -0.478 e. The molecule has 0 atom stereocenters. The first-order chi connectivity index (χ1) is 12.1. The van der Waals surface area contributed by atoms with E-state index < -0.39 is 5.97 Å².